The molecule has 0 amide bonds. The molecule has 2 aromatic heterocycles. The van der Waals surface area contributed by atoms with Gasteiger partial charge in [-0.1, -0.05) is 17.7 Å². The summed E-state index contributed by atoms with van der Waals surface area (Å²) in [5.41, 5.74) is 4.17. The highest BCUT2D eigenvalue weighted by molar-refractivity contribution is 7.20. The van der Waals surface area contributed by atoms with Gasteiger partial charge in [0.15, 0.2) is 0 Å². The minimum atomic E-state index is -0.891. The smallest absolute Gasteiger partial charge is 0.345 e. The number of carboxylic acid groups (broad SMARTS) is 1. The third-order valence-electron chi connectivity index (χ3n) is 3.34. The van der Waals surface area contributed by atoms with Crippen LogP contribution in [0.1, 0.15) is 26.5 Å². The Morgan fingerprint density at radius 3 is 2.65 bits per heavy atom. The highest BCUT2D eigenvalue weighted by Gasteiger charge is 2.17. The minimum Gasteiger partial charge on any atom is -0.477 e. The van der Waals surface area contributed by atoms with E-state index in [0.29, 0.717) is 4.88 Å². The van der Waals surface area contributed by atoms with Crippen LogP contribution in [-0.4, -0.2) is 20.9 Å². The number of carbonyl (C=O) groups is 1. The van der Waals surface area contributed by atoms with Crippen LogP contribution in [-0.2, 0) is 0 Å². The second-order valence-electron chi connectivity index (χ2n) is 4.92. The molecule has 3 aromatic rings. The van der Waals surface area contributed by atoms with Crippen LogP contribution in [0, 0.1) is 20.8 Å². The number of aromatic carboxylic acids is 1. The van der Waals surface area contributed by atoms with E-state index in [1.165, 1.54) is 16.9 Å². The molecule has 4 nitrogen and oxygen atoms in total. The average Bonchev–Trinajstić information content (AvgIpc) is 2.91. The lowest BCUT2D eigenvalue weighted by molar-refractivity contribution is 0.0702. The minimum absolute atomic E-state index is 0.346. The second-order valence-corrected chi connectivity index (χ2v) is 5.95. The van der Waals surface area contributed by atoms with E-state index in [9.17, 15) is 4.79 Å². The number of hydrogen-bond donors (Lipinski definition) is 1. The summed E-state index contributed by atoms with van der Waals surface area (Å²) in [5.74, 6) is -0.891. The molecule has 5 heteroatoms. The standard InChI is InChI=1S/C15H14N2O2S/c1-8-4-5-12(9(2)6-8)17-14-11(10(3)16-17)7-13(20-14)15(18)19/h4-7H,1-3H3,(H,18,19). The molecule has 0 unspecified atom stereocenters. The molecule has 0 bridgehead atoms. The maximum atomic E-state index is 11.1. The number of aryl methyl sites for hydroxylation is 3. The average molecular weight is 286 g/mol. The van der Waals surface area contributed by atoms with Gasteiger partial charge in [-0.25, -0.2) is 9.48 Å². The largest absolute Gasteiger partial charge is 0.477 e. The molecule has 3 rings (SSSR count). The predicted octanol–water partition coefficient (Wildman–Crippen LogP) is 3.71. The number of fused-ring (bicyclic) bond motifs is 1. The van der Waals surface area contributed by atoms with Crippen LogP contribution < -0.4 is 0 Å². The fourth-order valence-electron chi connectivity index (χ4n) is 2.36. The van der Waals surface area contributed by atoms with E-state index in [4.69, 9.17) is 5.11 Å². The van der Waals surface area contributed by atoms with Gasteiger partial charge in [-0.05, 0) is 38.5 Å². The third kappa shape index (κ3) is 1.91. The van der Waals surface area contributed by atoms with Crippen LogP contribution in [0.25, 0.3) is 15.9 Å². The van der Waals surface area contributed by atoms with Crippen molar-refractivity contribution in [2.45, 2.75) is 20.8 Å². The molecule has 0 aliphatic rings. The topological polar surface area (TPSA) is 55.1 Å². The lowest BCUT2D eigenvalue weighted by Gasteiger charge is -2.07. The van der Waals surface area contributed by atoms with Gasteiger partial charge in [0, 0.05) is 5.39 Å². The van der Waals surface area contributed by atoms with Gasteiger partial charge >= 0.3 is 5.97 Å². The molecule has 0 saturated heterocycles. The highest BCUT2D eigenvalue weighted by atomic mass is 32.1. The molecule has 20 heavy (non-hydrogen) atoms. The summed E-state index contributed by atoms with van der Waals surface area (Å²) >= 11 is 1.26. The normalized spacial score (nSPS) is 11.2. The van der Waals surface area contributed by atoms with E-state index < -0.39 is 5.97 Å². The van der Waals surface area contributed by atoms with Gasteiger partial charge < -0.3 is 5.11 Å². The molecule has 1 N–H and O–H groups in total. The Hall–Kier alpha value is -2.14. The number of hydrogen-bond acceptors (Lipinski definition) is 3. The van der Waals surface area contributed by atoms with Crippen molar-refractivity contribution in [3.8, 4) is 5.69 Å². The number of rotatable bonds is 2. The van der Waals surface area contributed by atoms with Gasteiger partial charge in [-0.3, -0.25) is 0 Å². The summed E-state index contributed by atoms with van der Waals surface area (Å²) in [6.45, 7) is 5.99. The third-order valence-corrected chi connectivity index (χ3v) is 4.43. The molecule has 0 fully saturated rings. The Bertz CT molecular complexity index is 830. The SMILES string of the molecule is Cc1ccc(-n2nc(C)c3cc(C(=O)O)sc32)c(C)c1. The number of benzene rings is 1. The predicted molar refractivity (Wildman–Crippen MR) is 80.1 cm³/mol. The van der Waals surface area contributed by atoms with Crippen molar-refractivity contribution in [2.24, 2.45) is 0 Å². The van der Waals surface area contributed by atoms with Crippen LogP contribution in [0.15, 0.2) is 24.3 Å². The molecule has 0 saturated carbocycles. The fourth-order valence-corrected chi connectivity index (χ4v) is 3.37. The Labute approximate surface area is 120 Å². The van der Waals surface area contributed by atoms with Crippen molar-refractivity contribution in [3.05, 3.63) is 46.0 Å². The lowest BCUT2D eigenvalue weighted by Crippen LogP contribution is -1.99. The van der Waals surface area contributed by atoms with Gasteiger partial charge in [-0.15, -0.1) is 11.3 Å². The highest BCUT2D eigenvalue weighted by Crippen LogP contribution is 2.31. The number of nitrogens with zero attached hydrogens (tertiary/aromatic N) is 2. The monoisotopic (exact) mass is 286 g/mol. The summed E-state index contributed by atoms with van der Waals surface area (Å²) in [6, 6.07) is 7.86. The zero-order chi connectivity index (χ0) is 14.4. The Kier molecular flexibility index (Phi) is 2.87. The van der Waals surface area contributed by atoms with Crippen molar-refractivity contribution in [1.82, 2.24) is 9.78 Å². The number of thiophene rings is 1. The first kappa shape index (κ1) is 12.9. The van der Waals surface area contributed by atoms with Crippen molar-refractivity contribution in [2.75, 3.05) is 0 Å². The van der Waals surface area contributed by atoms with Crippen molar-refractivity contribution >= 4 is 27.5 Å². The molecular formula is C15H14N2O2S. The summed E-state index contributed by atoms with van der Waals surface area (Å²) in [7, 11) is 0. The first-order valence-corrected chi connectivity index (χ1v) is 7.09. The van der Waals surface area contributed by atoms with Crippen molar-refractivity contribution in [3.63, 3.8) is 0 Å². The van der Waals surface area contributed by atoms with Gasteiger partial charge in [0.25, 0.3) is 0 Å². The molecule has 1 aromatic carbocycles. The van der Waals surface area contributed by atoms with Crippen molar-refractivity contribution in [1.29, 1.82) is 0 Å². The van der Waals surface area contributed by atoms with E-state index in [0.717, 1.165) is 27.2 Å². The summed E-state index contributed by atoms with van der Waals surface area (Å²) < 4.78 is 1.84. The molecule has 102 valence electrons. The molecule has 0 aliphatic carbocycles. The van der Waals surface area contributed by atoms with Crippen LogP contribution in [0.2, 0.25) is 0 Å². The molecule has 0 atom stereocenters. The summed E-state index contributed by atoms with van der Waals surface area (Å²) in [6.07, 6.45) is 0. The first-order valence-electron chi connectivity index (χ1n) is 6.27. The maximum Gasteiger partial charge on any atom is 0.345 e. The molecule has 2 heterocycles. The Morgan fingerprint density at radius 2 is 2.00 bits per heavy atom. The Morgan fingerprint density at radius 1 is 1.25 bits per heavy atom. The molecule has 0 radical (unpaired) electrons. The number of aromatic nitrogens is 2. The van der Waals surface area contributed by atoms with Crippen molar-refractivity contribution < 1.29 is 9.90 Å². The van der Waals surface area contributed by atoms with Crippen LogP contribution in [0.5, 0.6) is 0 Å². The van der Waals surface area contributed by atoms with E-state index in [1.807, 2.05) is 37.6 Å². The van der Waals surface area contributed by atoms with Crippen LogP contribution >= 0.6 is 11.3 Å². The molecule has 0 aliphatic heterocycles. The fraction of sp³-hybridized carbons (Fsp3) is 0.200. The molecular weight excluding hydrogens is 272 g/mol. The zero-order valence-electron chi connectivity index (χ0n) is 11.5. The zero-order valence-corrected chi connectivity index (χ0v) is 12.3. The maximum absolute atomic E-state index is 11.1. The van der Waals surface area contributed by atoms with Crippen LogP contribution in [0.4, 0.5) is 0 Å². The van der Waals surface area contributed by atoms with Gasteiger partial charge in [0.05, 0.1) is 11.4 Å². The van der Waals surface area contributed by atoms with E-state index in [2.05, 4.69) is 11.2 Å². The van der Waals surface area contributed by atoms with E-state index in [-0.39, 0.29) is 0 Å². The Balaban J connectivity index is 2.28. The van der Waals surface area contributed by atoms with Gasteiger partial charge in [0.1, 0.15) is 9.71 Å². The van der Waals surface area contributed by atoms with Crippen LogP contribution in [0.3, 0.4) is 0 Å². The second kappa shape index (κ2) is 4.45. The summed E-state index contributed by atoms with van der Waals surface area (Å²) in [5, 5.41) is 14.6. The quantitative estimate of drug-likeness (QED) is 0.781. The summed E-state index contributed by atoms with van der Waals surface area (Å²) in [4.78, 5) is 12.3. The lowest BCUT2D eigenvalue weighted by atomic mass is 10.1. The number of carboxylic acids is 1. The first-order chi connectivity index (χ1) is 9.47. The molecule has 0 spiro atoms. The van der Waals surface area contributed by atoms with E-state index >= 15 is 0 Å². The van der Waals surface area contributed by atoms with Gasteiger partial charge in [-0.2, -0.15) is 5.10 Å². The van der Waals surface area contributed by atoms with Gasteiger partial charge in [0.2, 0.25) is 0 Å². The van der Waals surface area contributed by atoms with E-state index in [1.54, 1.807) is 6.07 Å².